The number of hydrogen-bond donors (Lipinski definition) is 1. The highest BCUT2D eigenvalue weighted by molar-refractivity contribution is 5.68. The number of carbonyl (C=O) groups is 1. The van der Waals surface area contributed by atoms with Gasteiger partial charge in [-0.05, 0) is 61.3 Å². The third-order valence-electron chi connectivity index (χ3n) is 3.73. The number of carbonyl (C=O) groups excluding carboxylic acids is 1. The Morgan fingerprint density at radius 3 is 2.27 bits per heavy atom. The molecule has 1 aliphatic heterocycles. The van der Waals surface area contributed by atoms with Crippen LogP contribution in [0.4, 0.5) is 4.79 Å². The van der Waals surface area contributed by atoms with Gasteiger partial charge < -0.3 is 19.7 Å². The van der Waals surface area contributed by atoms with E-state index in [1.807, 2.05) is 34.6 Å². The largest absolute Gasteiger partial charge is 0.444 e. The van der Waals surface area contributed by atoms with Crippen LogP contribution in [0.1, 0.15) is 61.3 Å². The van der Waals surface area contributed by atoms with Gasteiger partial charge in [-0.3, -0.25) is 0 Å². The average molecular weight is 314 g/mol. The molecule has 1 heterocycles. The van der Waals surface area contributed by atoms with E-state index in [0.717, 1.165) is 19.4 Å². The summed E-state index contributed by atoms with van der Waals surface area (Å²) in [5.74, 6) is 0. The average Bonchev–Trinajstić information content (AvgIpc) is 2.30. The first-order valence-electron chi connectivity index (χ1n) is 8.47. The van der Waals surface area contributed by atoms with Gasteiger partial charge in [0.1, 0.15) is 5.60 Å². The molecule has 1 aliphatic rings. The summed E-state index contributed by atoms with van der Waals surface area (Å²) in [5, 5.41) is 3.56. The third-order valence-corrected chi connectivity index (χ3v) is 3.73. The summed E-state index contributed by atoms with van der Waals surface area (Å²) in [5.41, 5.74) is -0.455. The Morgan fingerprint density at radius 1 is 1.27 bits per heavy atom. The summed E-state index contributed by atoms with van der Waals surface area (Å²) < 4.78 is 11.2. The van der Waals surface area contributed by atoms with Gasteiger partial charge in [-0.1, -0.05) is 0 Å². The van der Waals surface area contributed by atoms with Crippen LogP contribution in [0.15, 0.2) is 0 Å². The molecule has 0 radical (unpaired) electrons. The molecule has 1 N–H and O–H groups in total. The van der Waals surface area contributed by atoms with Crippen LogP contribution in [0.3, 0.4) is 0 Å². The van der Waals surface area contributed by atoms with Crippen molar-refractivity contribution in [1.29, 1.82) is 0 Å². The second-order valence-electron chi connectivity index (χ2n) is 7.65. The normalized spacial score (nSPS) is 26.1. The van der Waals surface area contributed by atoms with Crippen molar-refractivity contribution in [3.05, 3.63) is 0 Å². The molecular weight excluding hydrogens is 280 g/mol. The van der Waals surface area contributed by atoms with Crippen LogP contribution in [-0.4, -0.2) is 54.0 Å². The Hall–Kier alpha value is -0.810. The van der Waals surface area contributed by atoms with Gasteiger partial charge in [0, 0.05) is 25.2 Å². The third kappa shape index (κ3) is 6.97. The van der Waals surface area contributed by atoms with Crippen LogP contribution in [-0.2, 0) is 9.47 Å². The second-order valence-corrected chi connectivity index (χ2v) is 7.65. The maximum atomic E-state index is 12.2. The van der Waals surface area contributed by atoms with E-state index in [2.05, 4.69) is 19.2 Å². The van der Waals surface area contributed by atoms with Crippen molar-refractivity contribution in [2.75, 3.05) is 13.1 Å². The zero-order valence-electron chi connectivity index (χ0n) is 15.3. The quantitative estimate of drug-likeness (QED) is 0.847. The molecule has 1 fully saturated rings. The topological polar surface area (TPSA) is 50.8 Å². The number of nitrogens with one attached hydrogen (secondary N) is 1. The molecule has 130 valence electrons. The number of hydrogen-bond acceptors (Lipinski definition) is 4. The number of nitrogens with zero attached hydrogens (tertiary/aromatic N) is 1. The van der Waals surface area contributed by atoms with Gasteiger partial charge in [-0.2, -0.15) is 0 Å². The van der Waals surface area contributed by atoms with E-state index in [9.17, 15) is 4.79 Å². The van der Waals surface area contributed by atoms with Gasteiger partial charge in [-0.25, -0.2) is 4.79 Å². The van der Waals surface area contributed by atoms with Crippen LogP contribution in [0.25, 0.3) is 0 Å². The Balaban J connectivity index is 2.43. The minimum Gasteiger partial charge on any atom is -0.444 e. The van der Waals surface area contributed by atoms with Crippen molar-refractivity contribution >= 4 is 6.09 Å². The lowest BCUT2D eigenvalue weighted by Gasteiger charge is -2.34. The molecule has 0 aromatic carbocycles. The van der Waals surface area contributed by atoms with Gasteiger partial charge >= 0.3 is 6.09 Å². The highest BCUT2D eigenvalue weighted by Crippen LogP contribution is 2.19. The molecule has 22 heavy (non-hydrogen) atoms. The number of amides is 1. The maximum Gasteiger partial charge on any atom is 0.410 e. The summed E-state index contributed by atoms with van der Waals surface area (Å²) in [4.78, 5) is 14.0. The molecule has 0 spiro atoms. The Kier molecular flexibility index (Phi) is 7.13. The molecule has 5 nitrogen and oxygen atoms in total. The lowest BCUT2D eigenvalue weighted by Crippen LogP contribution is -2.47. The van der Waals surface area contributed by atoms with Crippen LogP contribution >= 0.6 is 0 Å². The molecule has 5 heteroatoms. The fourth-order valence-corrected chi connectivity index (χ4v) is 2.84. The molecule has 0 saturated carbocycles. The van der Waals surface area contributed by atoms with Crippen LogP contribution in [0, 0.1) is 0 Å². The summed E-state index contributed by atoms with van der Waals surface area (Å²) in [6.45, 7) is 15.4. The Morgan fingerprint density at radius 2 is 1.82 bits per heavy atom. The zero-order chi connectivity index (χ0) is 16.9. The molecule has 1 saturated heterocycles. The van der Waals surface area contributed by atoms with Gasteiger partial charge in [0.2, 0.25) is 0 Å². The van der Waals surface area contributed by atoms with Crippen molar-refractivity contribution in [2.24, 2.45) is 0 Å². The minimum atomic E-state index is -0.455. The van der Waals surface area contributed by atoms with E-state index in [4.69, 9.17) is 9.47 Å². The summed E-state index contributed by atoms with van der Waals surface area (Å²) in [6, 6.07) is 0.593. The van der Waals surface area contributed by atoms with E-state index < -0.39 is 5.60 Å². The first-order chi connectivity index (χ1) is 10.1. The molecule has 0 aromatic heterocycles. The minimum absolute atomic E-state index is 0.129. The molecule has 0 aliphatic carbocycles. The van der Waals surface area contributed by atoms with Crippen LogP contribution in [0.2, 0.25) is 0 Å². The smallest absolute Gasteiger partial charge is 0.410 e. The van der Waals surface area contributed by atoms with E-state index >= 15 is 0 Å². The second kappa shape index (κ2) is 8.16. The summed E-state index contributed by atoms with van der Waals surface area (Å²) in [7, 11) is 0. The molecule has 2 atom stereocenters. The summed E-state index contributed by atoms with van der Waals surface area (Å²) >= 11 is 0. The van der Waals surface area contributed by atoms with Crippen LogP contribution < -0.4 is 5.32 Å². The molecule has 2 unspecified atom stereocenters. The Bertz CT molecular complexity index is 342. The SMILES string of the molecule is CC1CC(NCCN(C(=O)OC(C)(C)C)C(C)C)CC(C)O1. The van der Waals surface area contributed by atoms with Gasteiger partial charge in [0.15, 0.2) is 0 Å². The molecule has 1 rings (SSSR count). The zero-order valence-corrected chi connectivity index (χ0v) is 15.3. The monoisotopic (exact) mass is 314 g/mol. The van der Waals surface area contributed by atoms with Crippen molar-refractivity contribution in [2.45, 2.75) is 91.2 Å². The van der Waals surface area contributed by atoms with Crippen molar-refractivity contribution in [1.82, 2.24) is 10.2 Å². The Labute approximate surface area is 135 Å². The fourth-order valence-electron chi connectivity index (χ4n) is 2.84. The summed E-state index contributed by atoms with van der Waals surface area (Å²) in [6.07, 6.45) is 2.41. The first kappa shape index (κ1) is 19.2. The predicted octanol–water partition coefficient (Wildman–Crippen LogP) is 3.18. The van der Waals surface area contributed by atoms with Gasteiger partial charge in [0.25, 0.3) is 0 Å². The van der Waals surface area contributed by atoms with E-state index in [1.165, 1.54) is 0 Å². The van der Waals surface area contributed by atoms with E-state index in [1.54, 1.807) is 4.90 Å². The van der Waals surface area contributed by atoms with Crippen molar-refractivity contribution < 1.29 is 14.3 Å². The highest BCUT2D eigenvalue weighted by Gasteiger charge is 2.26. The standard InChI is InChI=1S/C17H34N2O3/c1-12(2)19(16(20)22-17(5,6)7)9-8-18-15-10-13(3)21-14(4)11-15/h12-15,18H,8-11H2,1-7H3. The maximum absolute atomic E-state index is 12.2. The van der Waals surface area contributed by atoms with Crippen molar-refractivity contribution in [3.8, 4) is 0 Å². The van der Waals surface area contributed by atoms with Crippen molar-refractivity contribution in [3.63, 3.8) is 0 Å². The lowest BCUT2D eigenvalue weighted by atomic mass is 10.00. The van der Waals surface area contributed by atoms with Gasteiger partial charge in [-0.15, -0.1) is 0 Å². The van der Waals surface area contributed by atoms with E-state index in [0.29, 0.717) is 24.8 Å². The lowest BCUT2D eigenvalue weighted by molar-refractivity contribution is -0.0424. The molecule has 0 bridgehead atoms. The number of ether oxygens (including phenoxy) is 2. The molecular formula is C17H34N2O3. The van der Waals surface area contributed by atoms with Gasteiger partial charge in [0.05, 0.1) is 12.2 Å². The molecule has 0 aromatic rings. The van der Waals surface area contributed by atoms with E-state index in [-0.39, 0.29) is 12.1 Å². The van der Waals surface area contributed by atoms with Crippen LogP contribution in [0.5, 0.6) is 0 Å². The number of rotatable bonds is 5. The highest BCUT2D eigenvalue weighted by atomic mass is 16.6. The molecule has 1 amide bonds. The first-order valence-corrected chi connectivity index (χ1v) is 8.47. The fraction of sp³-hybridized carbons (Fsp3) is 0.941. The predicted molar refractivity (Wildman–Crippen MR) is 89.1 cm³/mol.